The molecule has 0 saturated heterocycles. The molecule has 0 aromatic heterocycles. The van der Waals surface area contributed by atoms with Gasteiger partial charge in [0, 0.05) is 18.5 Å². The molecule has 2 amide bonds. The van der Waals surface area contributed by atoms with Gasteiger partial charge in [0.25, 0.3) is 5.91 Å². The summed E-state index contributed by atoms with van der Waals surface area (Å²) in [6.45, 7) is 2.20. The predicted molar refractivity (Wildman–Crippen MR) is 83.5 cm³/mol. The summed E-state index contributed by atoms with van der Waals surface area (Å²) in [5, 5.41) is 2.66. The minimum absolute atomic E-state index is 0.127. The zero-order chi connectivity index (χ0) is 15.7. The number of aryl methyl sites for hydroxylation is 1. The average Bonchev–Trinajstić information content (AvgIpc) is 2.47. The minimum atomic E-state index is -0.440. The van der Waals surface area contributed by atoms with Crippen molar-refractivity contribution in [3.05, 3.63) is 41.5 Å². The summed E-state index contributed by atoms with van der Waals surface area (Å²) >= 11 is 0. The van der Waals surface area contributed by atoms with Crippen molar-refractivity contribution in [3.63, 3.8) is 0 Å². The largest absolute Gasteiger partial charge is 0.370 e. The molecule has 21 heavy (non-hydrogen) atoms. The van der Waals surface area contributed by atoms with Crippen molar-refractivity contribution >= 4 is 17.5 Å². The Kier molecular flexibility index (Phi) is 6.97. The molecule has 0 spiro atoms. The lowest BCUT2D eigenvalue weighted by atomic mass is 10.0. The van der Waals surface area contributed by atoms with Gasteiger partial charge in [0.05, 0.1) is 5.69 Å². The zero-order valence-electron chi connectivity index (χ0n) is 12.2. The van der Waals surface area contributed by atoms with Gasteiger partial charge >= 0.3 is 0 Å². The molecule has 0 fully saturated rings. The number of nitrogens with two attached hydrogens (primary N) is 2. The lowest BCUT2D eigenvalue weighted by Gasteiger charge is -2.11. The van der Waals surface area contributed by atoms with Gasteiger partial charge in [-0.2, -0.15) is 0 Å². The van der Waals surface area contributed by atoms with Crippen molar-refractivity contribution in [1.29, 1.82) is 0 Å². The van der Waals surface area contributed by atoms with E-state index in [-0.39, 0.29) is 18.9 Å². The highest BCUT2D eigenvalue weighted by molar-refractivity contribution is 5.95. The molecule has 0 aliphatic carbocycles. The summed E-state index contributed by atoms with van der Waals surface area (Å²) in [5.41, 5.74) is 9.96. The van der Waals surface area contributed by atoms with Crippen LogP contribution < -0.4 is 22.3 Å². The second kappa shape index (κ2) is 8.76. The van der Waals surface area contributed by atoms with Crippen LogP contribution in [0.25, 0.3) is 0 Å². The van der Waals surface area contributed by atoms with Crippen molar-refractivity contribution in [3.8, 4) is 0 Å². The van der Waals surface area contributed by atoms with Gasteiger partial charge in [0.15, 0.2) is 0 Å². The van der Waals surface area contributed by atoms with Crippen molar-refractivity contribution in [2.75, 3.05) is 12.0 Å². The molecular weight excluding hydrogens is 268 g/mol. The van der Waals surface area contributed by atoms with Crippen LogP contribution in [0.15, 0.2) is 30.4 Å². The van der Waals surface area contributed by atoms with Gasteiger partial charge in [0.2, 0.25) is 5.91 Å². The first-order chi connectivity index (χ1) is 10.1. The third-order valence-electron chi connectivity index (χ3n) is 3.00. The van der Waals surface area contributed by atoms with Gasteiger partial charge in [-0.05, 0) is 43.5 Å². The van der Waals surface area contributed by atoms with Gasteiger partial charge in [-0.15, -0.1) is 0 Å². The number of nitrogen functional groups attached to an aromatic ring is 1. The van der Waals surface area contributed by atoms with Gasteiger partial charge in [0.1, 0.15) is 0 Å². The highest BCUT2D eigenvalue weighted by atomic mass is 16.2. The molecule has 6 nitrogen and oxygen atoms in total. The molecule has 6 heteroatoms. The number of allylic oxidation sites excluding steroid dienone is 2. The number of rotatable bonds is 8. The summed E-state index contributed by atoms with van der Waals surface area (Å²) in [5.74, 6) is 4.81. The van der Waals surface area contributed by atoms with Crippen molar-refractivity contribution < 1.29 is 9.59 Å². The van der Waals surface area contributed by atoms with Gasteiger partial charge in [-0.25, -0.2) is 0 Å². The first-order valence-corrected chi connectivity index (χ1v) is 6.85. The third kappa shape index (κ3) is 5.66. The maximum atomic E-state index is 12.0. The van der Waals surface area contributed by atoms with E-state index in [4.69, 9.17) is 11.6 Å². The molecule has 1 rings (SSSR count). The van der Waals surface area contributed by atoms with E-state index in [1.54, 1.807) is 18.2 Å². The summed E-state index contributed by atoms with van der Waals surface area (Å²) in [6.07, 6.45) is 5.82. The van der Waals surface area contributed by atoms with Crippen LogP contribution in [0.1, 0.15) is 35.7 Å². The van der Waals surface area contributed by atoms with Crippen molar-refractivity contribution in [2.24, 2.45) is 11.6 Å². The number of carbonyl (C=O) groups is 2. The van der Waals surface area contributed by atoms with E-state index in [1.807, 2.05) is 13.0 Å². The topological polar surface area (TPSA) is 110 Å². The third-order valence-corrected chi connectivity index (χ3v) is 3.00. The van der Waals surface area contributed by atoms with Gasteiger partial charge in [-0.3, -0.25) is 15.4 Å². The molecule has 0 bridgehead atoms. The summed E-state index contributed by atoms with van der Waals surface area (Å²) in [7, 11) is 0. The van der Waals surface area contributed by atoms with Gasteiger partial charge < -0.3 is 16.5 Å². The molecule has 0 saturated carbocycles. The SMILES string of the molecule is C/C=C\CCc1cc(C(=O)NCCC(N)=O)ccc1NN. The van der Waals surface area contributed by atoms with E-state index < -0.39 is 5.91 Å². The van der Waals surface area contributed by atoms with E-state index in [1.165, 1.54) is 0 Å². The van der Waals surface area contributed by atoms with Crippen LogP contribution in [0.2, 0.25) is 0 Å². The number of amides is 2. The number of hydrazine groups is 1. The van der Waals surface area contributed by atoms with E-state index >= 15 is 0 Å². The van der Waals surface area contributed by atoms with Crippen molar-refractivity contribution in [1.82, 2.24) is 5.32 Å². The Labute approximate surface area is 124 Å². The number of benzene rings is 1. The number of nitrogens with one attached hydrogen (secondary N) is 2. The molecule has 114 valence electrons. The van der Waals surface area contributed by atoms with Crippen LogP contribution in [-0.2, 0) is 11.2 Å². The van der Waals surface area contributed by atoms with E-state index in [2.05, 4.69) is 16.8 Å². The highest BCUT2D eigenvalue weighted by Crippen LogP contribution is 2.18. The fourth-order valence-electron chi connectivity index (χ4n) is 1.89. The van der Waals surface area contributed by atoms with Crippen LogP contribution >= 0.6 is 0 Å². The van der Waals surface area contributed by atoms with Crippen molar-refractivity contribution in [2.45, 2.75) is 26.2 Å². The number of hydrogen-bond donors (Lipinski definition) is 4. The maximum absolute atomic E-state index is 12.0. The Morgan fingerprint density at radius 2 is 2.10 bits per heavy atom. The lowest BCUT2D eigenvalue weighted by Crippen LogP contribution is -2.28. The molecule has 0 unspecified atom stereocenters. The van der Waals surface area contributed by atoms with E-state index in [0.717, 1.165) is 24.1 Å². The second-order valence-corrected chi connectivity index (χ2v) is 4.60. The Morgan fingerprint density at radius 1 is 1.33 bits per heavy atom. The molecule has 6 N–H and O–H groups in total. The standard InChI is InChI=1S/C15H22N4O2/c1-2-3-4-5-11-10-12(6-7-13(11)19-17)15(21)18-9-8-14(16)20/h2-3,6-7,10,19H,4-5,8-9,17H2,1H3,(H2,16,20)(H,18,21)/b3-2-. The number of anilines is 1. The number of hydrogen-bond acceptors (Lipinski definition) is 4. The van der Waals surface area contributed by atoms with Crippen LogP contribution in [-0.4, -0.2) is 18.4 Å². The van der Waals surface area contributed by atoms with E-state index in [0.29, 0.717) is 5.56 Å². The minimum Gasteiger partial charge on any atom is -0.370 e. The average molecular weight is 290 g/mol. The number of primary amides is 1. The lowest BCUT2D eigenvalue weighted by molar-refractivity contribution is -0.117. The first kappa shape index (κ1) is 16.7. The predicted octanol–water partition coefficient (Wildman–Crippen LogP) is 1.09. The Morgan fingerprint density at radius 3 is 2.71 bits per heavy atom. The first-order valence-electron chi connectivity index (χ1n) is 6.85. The molecular formula is C15H22N4O2. The van der Waals surface area contributed by atoms with E-state index in [9.17, 15) is 9.59 Å². The maximum Gasteiger partial charge on any atom is 0.251 e. The molecule has 0 heterocycles. The van der Waals surface area contributed by atoms with Crippen LogP contribution in [0.3, 0.4) is 0 Å². The Bertz CT molecular complexity index is 526. The Hall–Kier alpha value is -2.34. The molecule has 0 radical (unpaired) electrons. The molecule has 0 aliphatic rings. The second-order valence-electron chi connectivity index (χ2n) is 4.60. The normalized spacial score (nSPS) is 10.6. The van der Waals surface area contributed by atoms with Crippen LogP contribution in [0.4, 0.5) is 5.69 Å². The Balaban J connectivity index is 2.76. The molecule has 1 aromatic rings. The quantitative estimate of drug-likeness (QED) is 0.326. The molecule has 1 aromatic carbocycles. The zero-order valence-corrected chi connectivity index (χ0v) is 12.2. The fourth-order valence-corrected chi connectivity index (χ4v) is 1.89. The van der Waals surface area contributed by atoms with Crippen LogP contribution in [0, 0.1) is 0 Å². The monoisotopic (exact) mass is 290 g/mol. The van der Waals surface area contributed by atoms with Crippen LogP contribution in [0.5, 0.6) is 0 Å². The molecule has 0 atom stereocenters. The fraction of sp³-hybridized carbons (Fsp3) is 0.333. The smallest absolute Gasteiger partial charge is 0.251 e. The molecule has 0 aliphatic heterocycles. The summed E-state index contributed by atoms with van der Waals surface area (Å²) in [4.78, 5) is 22.6. The summed E-state index contributed by atoms with van der Waals surface area (Å²) < 4.78 is 0. The highest BCUT2D eigenvalue weighted by Gasteiger charge is 2.09. The summed E-state index contributed by atoms with van der Waals surface area (Å²) in [6, 6.07) is 5.26. The van der Waals surface area contributed by atoms with Gasteiger partial charge in [-0.1, -0.05) is 12.2 Å². The number of carbonyl (C=O) groups excluding carboxylic acids is 2.